The quantitative estimate of drug-likeness (QED) is 0.0673. The minimum atomic E-state index is -5.64. The molecule has 12 rings (SSSR count). The Balaban J connectivity index is 1.41. The number of hydrogen-bond acceptors (Lipinski definition) is 4. The number of hydrogen-bond donors (Lipinski definition) is 0. The van der Waals surface area contributed by atoms with Gasteiger partial charge in [0, 0.05) is 0 Å². The molecule has 8 heteroatoms. The molecule has 464 valence electrons. The molecule has 0 atom stereocenters. The van der Waals surface area contributed by atoms with Gasteiger partial charge in [-0.2, -0.15) is 0 Å². The second-order valence-corrected chi connectivity index (χ2v) is 41.5. The van der Waals surface area contributed by atoms with Crippen LogP contribution in [0.1, 0.15) is 66.8 Å². The van der Waals surface area contributed by atoms with Crippen LogP contribution in [0.3, 0.4) is 0 Å². The minimum absolute atomic E-state index is 0.279. The average Bonchev–Trinajstić information content (AvgIpc) is 0.667. The van der Waals surface area contributed by atoms with E-state index in [1.807, 2.05) is 0 Å². The van der Waals surface area contributed by atoms with Crippen LogP contribution in [0, 0.1) is 62.3 Å². The number of rotatable bonds is 21. The molecule has 0 radical (unpaired) electrons. The van der Waals surface area contributed by atoms with E-state index in [-0.39, 0.29) is 18.5 Å². The van der Waals surface area contributed by atoms with Crippen molar-refractivity contribution in [3.8, 4) is 0 Å². The standard InChI is InChI=1S/C84H84O4P4/c1-64-28-19-43-76(52-64)90(61-73-37-13-10-14-38-73,77-44-20-29-65(2)53-77,78-45-21-30-66(3)54-78)86-89(85,87-91(62-74-39-15-11-16-40-74,79-46-22-31-67(4)55-79,80-47-23-32-68(5)56-80)81-48-24-33-69(6)57-81)88-92(63-75-41-17-12-18-42-75,82-49-25-34-70(7)58-82,83-50-26-35-71(8)59-83)84-51-27-36-72(9)60-84/h10-60H,61-63H2,1-9H3. The van der Waals surface area contributed by atoms with E-state index < -0.39 is 28.3 Å². The maximum atomic E-state index is 21.0. The zero-order valence-corrected chi connectivity index (χ0v) is 58.1. The molecule has 0 heterocycles. The zero-order chi connectivity index (χ0) is 64.3. The van der Waals surface area contributed by atoms with Crippen molar-refractivity contribution >= 4 is 76.1 Å². The summed E-state index contributed by atoms with van der Waals surface area (Å²) < 4.78 is 49.2. The Kier molecular flexibility index (Phi) is 17.8. The first-order valence-electron chi connectivity index (χ1n) is 31.9. The van der Waals surface area contributed by atoms with E-state index in [0.29, 0.717) is 0 Å². The van der Waals surface area contributed by atoms with Gasteiger partial charge in [-0.1, -0.05) is 0 Å². The molecule has 0 fully saturated rings. The van der Waals surface area contributed by atoms with Crippen LogP contribution in [0.15, 0.2) is 309 Å². The first-order valence-corrected chi connectivity index (χ1v) is 40.4. The molecule has 12 aromatic carbocycles. The Morgan fingerprint density at radius 3 is 0.511 bits per heavy atom. The van der Waals surface area contributed by atoms with Gasteiger partial charge in [0.1, 0.15) is 0 Å². The topological polar surface area (TPSA) is 44.8 Å². The Hall–Kier alpha value is -7.96. The molecule has 0 spiro atoms. The van der Waals surface area contributed by atoms with Crippen molar-refractivity contribution in [3.63, 3.8) is 0 Å². The molecular formula is C84H84O4P4. The van der Waals surface area contributed by atoms with Gasteiger partial charge >= 0.3 is 550 Å². The molecule has 0 amide bonds. The number of benzene rings is 12. The van der Waals surface area contributed by atoms with Crippen LogP contribution in [0.4, 0.5) is 0 Å². The van der Waals surface area contributed by atoms with E-state index in [2.05, 4.69) is 372 Å². The van der Waals surface area contributed by atoms with Gasteiger partial charge in [-0.05, 0) is 0 Å². The Morgan fingerprint density at radius 2 is 0.370 bits per heavy atom. The van der Waals surface area contributed by atoms with E-state index in [9.17, 15) is 12.9 Å². The molecule has 92 heavy (non-hydrogen) atoms. The molecule has 0 aliphatic heterocycles. The van der Waals surface area contributed by atoms with E-state index in [0.717, 1.165) is 115 Å². The van der Waals surface area contributed by atoms with Crippen molar-refractivity contribution in [1.82, 2.24) is 0 Å². The molecule has 0 N–H and O–H groups in total. The molecule has 0 aliphatic carbocycles. The summed E-state index contributed by atoms with van der Waals surface area (Å²) in [5.41, 5.74) is 12.2. The van der Waals surface area contributed by atoms with E-state index in [1.165, 1.54) is 0 Å². The third kappa shape index (κ3) is 11.4. The predicted octanol–water partition coefficient (Wildman–Crippen LogP) is 18.9. The van der Waals surface area contributed by atoms with Crippen molar-refractivity contribution in [3.05, 3.63) is 376 Å². The molecule has 0 saturated carbocycles. The summed E-state index contributed by atoms with van der Waals surface area (Å²) in [4.78, 5) is 0. The van der Waals surface area contributed by atoms with Crippen LogP contribution in [-0.4, -0.2) is 0 Å². The third-order valence-corrected chi connectivity index (χ3v) is 40.7. The fourth-order valence-electron chi connectivity index (χ4n) is 14.5. The second-order valence-electron chi connectivity index (χ2n) is 25.8. The van der Waals surface area contributed by atoms with E-state index in [1.54, 1.807) is 0 Å². The SMILES string of the molecule is Cc1cccc(P(Cc2ccccc2)(OP(=O)(OP(Cc2ccccc2)(c2cccc(C)c2)(c2cccc(C)c2)c2cccc(C)c2)OP(Cc2ccccc2)(c2cccc(C)c2)(c2cccc(C)c2)c2cccc(C)c2)(c2cccc(C)c2)c2cccc(C)c2)c1. The van der Waals surface area contributed by atoms with Crippen LogP contribution < -0.4 is 47.7 Å². The van der Waals surface area contributed by atoms with Gasteiger partial charge in [0.15, 0.2) is 0 Å². The van der Waals surface area contributed by atoms with Crippen LogP contribution in [0.25, 0.3) is 0 Å². The van der Waals surface area contributed by atoms with Gasteiger partial charge in [0.25, 0.3) is 0 Å². The van der Waals surface area contributed by atoms with Gasteiger partial charge < -0.3 is 0 Å². The fourth-order valence-corrected chi connectivity index (χ4v) is 40.0. The van der Waals surface area contributed by atoms with E-state index in [4.69, 9.17) is 0 Å². The molecule has 0 aliphatic rings. The normalized spacial score (nSPS) is 13.9. The maximum absolute atomic E-state index is 21.0. The van der Waals surface area contributed by atoms with Crippen LogP contribution in [0.5, 0.6) is 0 Å². The van der Waals surface area contributed by atoms with Gasteiger partial charge in [-0.3, -0.25) is 0 Å². The molecule has 0 aromatic heterocycles. The number of aryl methyl sites for hydroxylation is 9. The summed E-state index contributed by atoms with van der Waals surface area (Å²) in [6, 6.07) is 111. The second kappa shape index (κ2) is 25.5. The fraction of sp³-hybridized carbons (Fsp3) is 0.143. The first kappa shape index (κ1) is 64.2. The van der Waals surface area contributed by atoms with Gasteiger partial charge in [-0.15, -0.1) is 0 Å². The average molecular weight is 1280 g/mol. The first-order chi connectivity index (χ1) is 44.3. The zero-order valence-electron chi connectivity index (χ0n) is 54.5. The molecule has 12 aromatic rings. The Morgan fingerprint density at radius 1 is 0.217 bits per heavy atom. The van der Waals surface area contributed by atoms with Crippen molar-refractivity contribution < 1.29 is 17.5 Å². The van der Waals surface area contributed by atoms with E-state index >= 15 is 4.57 Å². The summed E-state index contributed by atoms with van der Waals surface area (Å²) in [5.74, 6) is 0. The molecule has 0 saturated heterocycles. The molecule has 4 nitrogen and oxygen atoms in total. The summed E-state index contributed by atoms with van der Waals surface area (Å²) in [7, 11) is -5.64. The summed E-state index contributed by atoms with van der Waals surface area (Å²) >= 11 is 0. The Labute approximate surface area is 547 Å². The molecule has 0 unspecified atom stereocenters. The Bertz CT molecular complexity index is 3890. The number of phosphoric acid groups is 1. The van der Waals surface area contributed by atoms with Crippen molar-refractivity contribution in [1.29, 1.82) is 0 Å². The van der Waals surface area contributed by atoms with Crippen LogP contribution >= 0.6 is 28.3 Å². The van der Waals surface area contributed by atoms with Gasteiger partial charge in [0.2, 0.25) is 0 Å². The van der Waals surface area contributed by atoms with Gasteiger partial charge in [-0.25, -0.2) is 0 Å². The van der Waals surface area contributed by atoms with Crippen LogP contribution in [0.2, 0.25) is 0 Å². The molecular weight excluding hydrogens is 1200 g/mol. The monoisotopic (exact) mass is 1280 g/mol. The van der Waals surface area contributed by atoms with Crippen molar-refractivity contribution in [2.45, 2.75) is 80.8 Å². The third-order valence-electron chi connectivity index (χ3n) is 18.8. The summed E-state index contributed by atoms with van der Waals surface area (Å²) in [6.45, 7) is 3.98. The van der Waals surface area contributed by atoms with Crippen molar-refractivity contribution in [2.24, 2.45) is 0 Å². The summed E-state index contributed by atoms with van der Waals surface area (Å²) in [6.07, 6.45) is 0.838. The predicted molar refractivity (Wildman–Crippen MR) is 399 cm³/mol. The van der Waals surface area contributed by atoms with Gasteiger partial charge in [0.05, 0.1) is 0 Å². The summed E-state index contributed by atoms with van der Waals surface area (Å²) in [5, 5.41) is 7.99. The molecule has 0 bridgehead atoms. The van der Waals surface area contributed by atoms with Crippen LogP contribution in [-0.2, 0) is 36.0 Å². The van der Waals surface area contributed by atoms with Crippen molar-refractivity contribution in [2.75, 3.05) is 0 Å².